The smallest absolute Gasteiger partial charge is 0.0576 e. The number of piperidine rings is 1. The maximum atomic E-state index is 5.65. The molecule has 0 bridgehead atoms. The van der Waals surface area contributed by atoms with E-state index < -0.39 is 0 Å². The first kappa shape index (κ1) is 12.8. The Labute approximate surface area is 108 Å². The molecule has 3 heteroatoms. The molecule has 0 spiro atoms. The molecule has 2 aliphatic rings. The molecule has 3 unspecified atom stereocenters. The normalized spacial score (nSPS) is 36.8. The van der Waals surface area contributed by atoms with E-state index >= 15 is 0 Å². The number of hydrogen-bond acceptors (Lipinski definition) is 2. The Balaban J connectivity index is 1.59. The molecule has 0 aromatic rings. The molecule has 94 valence electrons. The third-order valence-electron chi connectivity index (χ3n) is 3.91. The average Bonchev–Trinajstić information content (AvgIpc) is 2.76. The summed E-state index contributed by atoms with van der Waals surface area (Å²) >= 11 is 3.76. The predicted octanol–water partition coefficient (Wildman–Crippen LogP) is 3.05. The van der Waals surface area contributed by atoms with Crippen molar-refractivity contribution in [1.82, 2.24) is 4.90 Å². The highest BCUT2D eigenvalue weighted by Gasteiger charge is 2.23. The van der Waals surface area contributed by atoms with E-state index in [1.54, 1.807) is 0 Å². The first-order valence-electron chi connectivity index (χ1n) is 6.73. The van der Waals surface area contributed by atoms with Crippen molar-refractivity contribution in [3.05, 3.63) is 0 Å². The fourth-order valence-electron chi connectivity index (χ4n) is 2.82. The Morgan fingerprint density at radius 2 is 2.25 bits per heavy atom. The van der Waals surface area contributed by atoms with Gasteiger partial charge in [-0.1, -0.05) is 22.9 Å². The molecule has 0 radical (unpaired) electrons. The van der Waals surface area contributed by atoms with Crippen LogP contribution in [-0.2, 0) is 4.74 Å². The van der Waals surface area contributed by atoms with Crippen molar-refractivity contribution < 1.29 is 4.74 Å². The quantitative estimate of drug-likeness (QED) is 0.738. The number of rotatable bonds is 4. The molecular weight excluding hydrogens is 266 g/mol. The summed E-state index contributed by atoms with van der Waals surface area (Å²) in [7, 11) is 0. The van der Waals surface area contributed by atoms with Crippen LogP contribution in [0.15, 0.2) is 0 Å². The van der Waals surface area contributed by atoms with Crippen LogP contribution in [0.1, 0.15) is 39.0 Å². The van der Waals surface area contributed by atoms with Gasteiger partial charge in [0.05, 0.1) is 6.10 Å². The highest BCUT2D eigenvalue weighted by molar-refractivity contribution is 9.09. The van der Waals surface area contributed by atoms with E-state index in [4.69, 9.17) is 4.74 Å². The zero-order chi connectivity index (χ0) is 11.4. The fraction of sp³-hybridized carbons (Fsp3) is 1.00. The van der Waals surface area contributed by atoms with Crippen LogP contribution in [0.2, 0.25) is 0 Å². The minimum atomic E-state index is 0.575. The summed E-state index contributed by atoms with van der Waals surface area (Å²) in [5, 5.41) is 0. The largest absolute Gasteiger partial charge is 0.378 e. The van der Waals surface area contributed by atoms with Gasteiger partial charge in [0.1, 0.15) is 0 Å². The van der Waals surface area contributed by atoms with Gasteiger partial charge in [-0.05, 0) is 51.1 Å². The van der Waals surface area contributed by atoms with E-state index in [1.165, 1.54) is 51.7 Å². The number of alkyl halides is 1. The number of halogens is 1. The average molecular weight is 290 g/mol. The van der Waals surface area contributed by atoms with E-state index in [-0.39, 0.29) is 0 Å². The maximum absolute atomic E-state index is 5.65. The molecule has 2 nitrogen and oxygen atoms in total. The lowest BCUT2D eigenvalue weighted by atomic mass is 9.99. The summed E-state index contributed by atoms with van der Waals surface area (Å²) < 4.78 is 5.65. The van der Waals surface area contributed by atoms with E-state index in [0.717, 1.165) is 17.4 Å². The van der Waals surface area contributed by atoms with Crippen molar-refractivity contribution in [1.29, 1.82) is 0 Å². The summed E-state index contributed by atoms with van der Waals surface area (Å²) in [6.07, 6.45) is 7.02. The zero-order valence-electron chi connectivity index (χ0n) is 10.3. The summed E-state index contributed by atoms with van der Waals surface area (Å²) in [5.41, 5.74) is 0. The molecule has 2 aliphatic heterocycles. The Bertz CT molecular complexity index is 206. The molecular formula is C13H24BrNO. The summed E-state index contributed by atoms with van der Waals surface area (Å²) in [6, 6.07) is 0. The van der Waals surface area contributed by atoms with Crippen molar-refractivity contribution >= 4 is 15.9 Å². The molecule has 0 aliphatic carbocycles. The number of likely N-dealkylation sites (tertiary alicyclic amines) is 1. The standard InChI is InChI=1S/C13H24BrNO/c1-11-10-15(8-6-13(11)14)7-2-4-12-5-3-9-16-12/h11-13H,2-10H2,1H3. The predicted molar refractivity (Wildman–Crippen MR) is 71.1 cm³/mol. The molecule has 3 atom stereocenters. The van der Waals surface area contributed by atoms with Crippen molar-refractivity contribution in [3.63, 3.8) is 0 Å². The van der Waals surface area contributed by atoms with Crippen LogP contribution in [0.5, 0.6) is 0 Å². The van der Waals surface area contributed by atoms with Gasteiger partial charge >= 0.3 is 0 Å². The molecule has 0 N–H and O–H groups in total. The third kappa shape index (κ3) is 3.71. The first-order chi connectivity index (χ1) is 7.75. The Kier molecular flexibility index (Phi) is 5.11. The second-order valence-corrected chi connectivity index (χ2v) is 6.54. The van der Waals surface area contributed by atoms with Crippen LogP contribution < -0.4 is 0 Å². The molecule has 0 aromatic carbocycles. The van der Waals surface area contributed by atoms with E-state index in [9.17, 15) is 0 Å². The minimum Gasteiger partial charge on any atom is -0.378 e. The minimum absolute atomic E-state index is 0.575. The fourth-order valence-corrected chi connectivity index (χ4v) is 3.19. The number of hydrogen-bond donors (Lipinski definition) is 0. The topological polar surface area (TPSA) is 12.5 Å². The van der Waals surface area contributed by atoms with Gasteiger partial charge in [-0.2, -0.15) is 0 Å². The second-order valence-electron chi connectivity index (χ2n) is 5.36. The van der Waals surface area contributed by atoms with Gasteiger partial charge in [0.15, 0.2) is 0 Å². The van der Waals surface area contributed by atoms with Crippen molar-refractivity contribution in [2.75, 3.05) is 26.2 Å². The SMILES string of the molecule is CC1CN(CCCC2CCCO2)CCC1Br. The molecule has 2 rings (SSSR count). The monoisotopic (exact) mass is 289 g/mol. The Hall–Kier alpha value is 0.400. The van der Waals surface area contributed by atoms with Crippen LogP contribution >= 0.6 is 15.9 Å². The second kappa shape index (κ2) is 6.36. The van der Waals surface area contributed by atoms with Gasteiger partial charge in [0.2, 0.25) is 0 Å². The van der Waals surface area contributed by atoms with Gasteiger partial charge in [0, 0.05) is 18.0 Å². The summed E-state index contributed by atoms with van der Waals surface area (Å²) in [4.78, 5) is 3.36. The zero-order valence-corrected chi connectivity index (χ0v) is 11.9. The van der Waals surface area contributed by atoms with E-state index in [2.05, 4.69) is 27.8 Å². The summed E-state index contributed by atoms with van der Waals surface area (Å²) in [5.74, 6) is 0.802. The number of ether oxygens (including phenoxy) is 1. The van der Waals surface area contributed by atoms with E-state index in [0.29, 0.717) is 6.10 Å². The van der Waals surface area contributed by atoms with Gasteiger partial charge < -0.3 is 9.64 Å². The molecule has 0 aromatic heterocycles. The lowest BCUT2D eigenvalue weighted by Gasteiger charge is -2.34. The highest BCUT2D eigenvalue weighted by Crippen LogP contribution is 2.24. The van der Waals surface area contributed by atoms with Crippen LogP contribution in [0.3, 0.4) is 0 Å². The lowest BCUT2D eigenvalue weighted by molar-refractivity contribution is 0.0961. The van der Waals surface area contributed by atoms with Crippen LogP contribution in [0, 0.1) is 5.92 Å². The molecule has 2 fully saturated rings. The molecule has 2 saturated heterocycles. The first-order valence-corrected chi connectivity index (χ1v) is 7.65. The van der Waals surface area contributed by atoms with Crippen LogP contribution in [0.25, 0.3) is 0 Å². The van der Waals surface area contributed by atoms with Gasteiger partial charge in [-0.15, -0.1) is 0 Å². The lowest BCUT2D eigenvalue weighted by Crippen LogP contribution is -2.40. The molecule has 0 amide bonds. The summed E-state index contributed by atoms with van der Waals surface area (Å²) in [6.45, 7) is 7.15. The Morgan fingerprint density at radius 1 is 1.38 bits per heavy atom. The molecule has 0 saturated carbocycles. The Morgan fingerprint density at radius 3 is 2.94 bits per heavy atom. The third-order valence-corrected chi connectivity index (χ3v) is 5.27. The van der Waals surface area contributed by atoms with Gasteiger partial charge in [-0.25, -0.2) is 0 Å². The number of nitrogens with zero attached hydrogens (tertiary/aromatic N) is 1. The molecule has 16 heavy (non-hydrogen) atoms. The van der Waals surface area contributed by atoms with Crippen molar-refractivity contribution in [3.8, 4) is 0 Å². The highest BCUT2D eigenvalue weighted by atomic mass is 79.9. The van der Waals surface area contributed by atoms with Gasteiger partial charge in [-0.3, -0.25) is 0 Å². The van der Waals surface area contributed by atoms with Crippen LogP contribution in [-0.4, -0.2) is 42.1 Å². The van der Waals surface area contributed by atoms with E-state index in [1.807, 2.05) is 0 Å². The van der Waals surface area contributed by atoms with Gasteiger partial charge in [0.25, 0.3) is 0 Å². The van der Waals surface area contributed by atoms with Crippen molar-refractivity contribution in [2.24, 2.45) is 5.92 Å². The van der Waals surface area contributed by atoms with Crippen LogP contribution in [0.4, 0.5) is 0 Å². The molecule has 2 heterocycles. The van der Waals surface area contributed by atoms with Crippen molar-refractivity contribution in [2.45, 2.75) is 50.0 Å². The maximum Gasteiger partial charge on any atom is 0.0576 e.